The Labute approximate surface area is 168 Å². The Morgan fingerprint density at radius 2 is 1.96 bits per heavy atom. The zero-order valence-corrected chi connectivity index (χ0v) is 16.4. The van der Waals surface area contributed by atoms with Gasteiger partial charge in [-0.1, -0.05) is 36.6 Å². The maximum atomic E-state index is 12.5. The van der Waals surface area contributed by atoms with E-state index in [1.807, 2.05) is 29.2 Å². The second kappa shape index (κ2) is 8.43. The highest BCUT2D eigenvalue weighted by molar-refractivity contribution is 6.30. The molecule has 1 fully saturated rings. The lowest BCUT2D eigenvalue weighted by Crippen LogP contribution is -2.29. The number of aliphatic hydroxyl groups excluding tert-OH is 1. The first kappa shape index (κ1) is 19.1. The minimum Gasteiger partial charge on any atom is -0.395 e. The number of aromatic amines is 1. The summed E-state index contributed by atoms with van der Waals surface area (Å²) < 4.78 is 1.49. The standard InChI is InChI=1S/C20H24ClN5O2/c21-16-7-5-14(6-8-16)11-25(9-10-27)12-17-23-19-18(15-3-1-2-4-15)22-13-26(19)20(28)24-17/h5-8,13,15,27H,1-4,9-12H2,(H,23,24,28). The van der Waals surface area contributed by atoms with E-state index in [0.29, 0.717) is 42.0 Å². The molecule has 0 unspecified atom stereocenters. The average molecular weight is 402 g/mol. The molecule has 28 heavy (non-hydrogen) atoms. The lowest BCUT2D eigenvalue weighted by molar-refractivity contribution is 0.181. The average Bonchev–Trinajstić information content (AvgIpc) is 3.33. The Kier molecular flexibility index (Phi) is 5.75. The fraction of sp³-hybridized carbons (Fsp3) is 0.450. The van der Waals surface area contributed by atoms with Crippen LogP contribution in [-0.4, -0.2) is 42.5 Å². The number of aliphatic hydroxyl groups is 1. The van der Waals surface area contributed by atoms with Crippen LogP contribution in [0, 0.1) is 0 Å². The van der Waals surface area contributed by atoms with Gasteiger partial charge in [-0.25, -0.2) is 19.2 Å². The summed E-state index contributed by atoms with van der Waals surface area (Å²) in [6, 6.07) is 7.61. The molecule has 3 aromatic rings. The first-order valence-electron chi connectivity index (χ1n) is 9.68. The SMILES string of the molecule is O=c1[nH]c(CN(CCO)Cc2ccc(Cl)cc2)nc2c(C3CCCC3)ncn12. The Balaban J connectivity index is 1.60. The monoisotopic (exact) mass is 401 g/mol. The van der Waals surface area contributed by atoms with E-state index in [1.54, 1.807) is 6.33 Å². The second-order valence-corrected chi connectivity index (χ2v) is 7.79. The van der Waals surface area contributed by atoms with Crippen molar-refractivity contribution in [2.75, 3.05) is 13.2 Å². The summed E-state index contributed by atoms with van der Waals surface area (Å²) in [5, 5.41) is 10.1. The molecule has 1 aromatic carbocycles. The molecule has 0 spiro atoms. The molecular weight excluding hydrogens is 378 g/mol. The quantitative estimate of drug-likeness (QED) is 0.635. The number of benzene rings is 1. The molecule has 8 heteroatoms. The van der Waals surface area contributed by atoms with Crippen molar-refractivity contribution in [1.82, 2.24) is 24.3 Å². The van der Waals surface area contributed by atoms with Crippen LogP contribution in [0.1, 0.15) is 48.7 Å². The van der Waals surface area contributed by atoms with E-state index in [0.717, 1.165) is 24.1 Å². The molecule has 148 valence electrons. The van der Waals surface area contributed by atoms with Gasteiger partial charge in [0, 0.05) is 24.0 Å². The van der Waals surface area contributed by atoms with Crippen LogP contribution in [0.5, 0.6) is 0 Å². The molecule has 4 rings (SSSR count). The Hall–Kier alpha value is -2.22. The third-order valence-corrected chi connectivity index (χ3v) is 5.58. The van der Waals surface area contributed by atoms with Gasteiger partial charge < -0.3 is 5.11 Å². The zero-order valence-electron chi connectivity index (χ0n) is 15.6. The topological polar surface area (TPSA) is 86.5 Å². The van der Waals surface area contributed by atoms with Gasteiger partial charge in [0.05, 0.1) is 18.8 Å². The molecule has 1 saturated carbocycles. The molecule has 1 aliphatic carbocycles. The van der Waals surface area contributed by atoms with Crippen LogP contribution in [0.15, 0.2) is 35.4 Å². The van der Waals surface area contributed by atoms with Crippen LogP contribution in [0.3, 0.4) is 0 Å². The third kappa shape index (κ3) is 4.11. The van der Waals surface area contributed by atoms with E-state index >= 15 is 0 Å². The van der Waals surface area contributed by atoms with Crippen molar-refractivity contribution in [2.24, 2.45) is 0 Å². The summed E-state index contributed by atoms with van der Waals surface area (Å²) in [7, 11) is 0. The van der Waals surface area contributed by atoms with Crippen molar-refractivity contribution < 1.29 is 5.11 Å². The summed E-state index contributed by atoms with van der Waals surface area (Å²) in [5.41, 5.74) is 2.43. The van der Waals surface area contributed by atoms with Crippen LogP contribution in [0.4, 0.5) is 0 Å². The number of hydrogen-bond donors (Lipinski definition) is 2. The number of hydrogen-bond acceptors (Lipinski definition) is 5. The summed E-state index contributed by atoms with van der Waals surface area (Å²) in [4.78, 5) is 26.6. The Morgan fingerprint density at radius 3 is 2.68 bits per heavy atom. The van der Waals surface area contributed by atoms with E-state index in [2.05, 4.69) is 9.97 Å². The number of nitrogens with zero attached hydrogens (tertiary/aromatic N) is 4. The largest absolute Gasteiger partial charge is 0.395 e. The summed E-state index contributed by atoms with van der Waals surface area (Å²) in [6.45, 7) is 1.57. The smallest absolute Gasteiger partial charge is 0.333 e. The number of fused-ring (bicyclic) bond motifs is 1. The van der Waals surface area contributed by atoms with E-state index in [1.165, 1.54) is 17.2 Å². The lowest BCUT2D eigenvalue weighted by Gasteiger charge is -2.21. The van der Waals surface area contributed by atoms with Gasteiger partial charge in [0.2, 0.25) is 0 Å². The van der Waals surface area contributed by atoms with Crippen LogP contribution in [0.25, 0.3) is 5.65 Å². The molecule has 0 aliphatic heterocycles. The highest BCUT2D eigenvalue weighted by atomic mass is 35.5. The summed E-state index contributed by atoms with van der Waals surface area (Å²) >= 11 is 5.96. The van der Waals surface area contributed by atoms with Crippen LogP contribution in [-0.2, 0) is 13.1 Å². The van der Waals surface area contributed by atoms with Gasteiger partial charge in [-0.3, -0.25) is 9.88 Å². The molecule has 7 nitrogen and oxygen atoms in total. The third-order valence-electron chi connectivity index (χ3n) is 5.33. The number of halogens is 1. The van der Waals surface area contributed by atoms with E-state index in [4.69, 9.17) is 16.6 Å². The molecule has 0 radical (unpaired) electrons. The van der Waals surface area contributed by atoms with E-state index in [9.17, 15) is 9.90 Å². The zero-order chi connectivity index (χ0) is 19.5. The normalized spacial score (nSPS) is 15.1. The van der Waals surface area contributed by atoms with Crippen molar-refractivity contribution >= 4 is 17.2 Å². The molecule has 2 N–H and O–H groups in total. The van der Waals surface area contributed by atoms with Gasteiger partial charge in [-0.2, -0.15) is 0 Å². The van der Waals surface area contributed by atoms with Crippen molar-refractivity contribution in [3.8, 4) is 0 Å². The van der Waals surface area contributed by atoms with Gasteiger partial charge in [-0.15, -0.1) is 0 Å². The molecule has 0 saturated heterocycles. The van der Waals surface area contributed by atoms with Gasteiger partial charge in [-0.05, 0) is 30.5 Å². The first-order chi connectivity index (χ1) is 13.6. The summed E-state index contributed by atoms with van der Waals surface area (Å²) in [6.07, 6.45) is 6.17. The number of H-pyrrole nitrogens is 1. The van der Waals surface area contributed by atoms with Gasteiger partial charge in [0.1, 0.15) is 12.2 Å². The number of rotatable bonds is 7. The second-order valence-electron chi connectivity index (χ2n) is 7.35. The summed E-state index contributed by atoms with van der Waals surface area (Å²) in [5.74, 6) is 0.967. The Morgan fingerprint density at radius 1 is 1.21 bits per heavy atom. The first-order valence-corrected chi connectivity index (χ1v) is 10.1. The van der Waals surface area contributed by atoms with Crippen molar-refractivity contribution in [1.29, 1.82) is 0 Å². The predicted octanol–water partition coefficient (Wildman–Crippen LogP) is 2.72. The number of aromatic nitrogens is 4. The molecule has 2 aromatic heterocycles. The fourth-order valence-electron chi connectivity index (χ4n) is 3.93. The maximum Gasteiger partial charge on any atom is 0.333 e. The predicted molar refractivity (Wildman–Crippen MR) is 107 cm³/mol. The van der Waals surface area contributed by atoms with Gasteiger partial charge in [0.25, 0.3) is 0 Å². The molecule has 0 atom stereocenters. The molecule has 1 aliphatic rings. The van der Waals surface area contributed by atoms with Crippen LogP contribution in [0.2, 0.25) is 5.02 Å². The van der Waals surface area contributed by atoms with Crippen molar-refractivity contribution in [3.05, 3.63) is 63.2 Å². The van der Waals surface area contributed by atoms with Gasteiger partial charge in [0.15, 0.2) is 5.65 Å². The van der Waals surface area contributed by atoms with Crippen LogP contribution >= 0.6 is 11.6 Å². The Bertz CT molecular complexity index is 992. The maximum absolute atomic E-state index is 12.5. The van der Waals surface area contributed by atoms with E-state index < -0.39 is 0 Å². The molecular formula is C20H24ClN5O2. The van der Waals surface area contributed by atoms with Crippen molar-refractivity contribution in [3.63, 3.8) is 0 Å². The number of imidazole rings is 1. The van der Waals surface area contributed by atoms with Crippen LogP contribution < -0.4 is 5.69 Å². The minimum absolute atomic E-state index is 0.0278. The van der Waals surface area contributed by atoms with Crippen molar-refractivity contribution in [2.45, 2.75) is 44.7 Å². The lowest BCUT2D eigenvalue weighted by atomic mass is 10.0. The molecule has 2 heterocycles. The highest BCUT2D eigenvalue weighted by Crippen LogP contribution is 2.34. The minimum atomic E-state index is -0.229. The molecule has 0 amide bonds. The van der Waals surface area contributed by atoms with E-state index in [-0.39, 0.29) is 12.3 Å². The van der Waals surface area contributed by atoms with Gasteiger partial charge >= 0.3 is 5.69 Å². The molecule has 0 bridgehead atoms. The highest BCUT2D eigenvalue weighted by Gasteiger charge is 2.23. The number of nitrogens with one attached hydrogen (secondary N) is 1. The fourth-order valence-corrected chi connectivity index (χ4v) is 4.06.